The summed E-state index contributed by atoms with van der Waals surface area (Å²) in [6.45, 7) is 0. The quantitative estimate of drug-likeness (QED) is 0.703. The molecule has 0 saturated carbocycles. The molecule has 2 N–H and O–H groups in total. The molecule has 0 amide bonds. The minimum Gasteiger partial charge on any atom is -0.465 e. The standard InChI is InChI=1S/C12H13NO2/c1-15-12(14)11-9-5-3-2-4-8(9)6-7-10(11)13/h2-5H,6-7,13H2,1H3. The number of carbonyl (C=O) groups is 1. The maximum atomic E-state index is 11.6. The van der Waals surface area contributed by atoms with Crippen LogP contribution in [0.3, 0.4) is 0 Å². The third kappa shape index (κ3) is 1.61. The van der Waals surface area contributed by atoms with Crippen molar-refractivity contribution in [3.05, 3.63) is 41.1 Å². The molecule has 0 radical (unpaired) electrons. The number of ether oxygens (including phenoxy) is 1. The first-order valence-corrected chi connectivity index (χ1v) is 4.89. The molecule has 0 aromatic heterocycles. The van der Waals surface area contributed by atoms with Crippen LogP contribution in [0.25, 0.3) is 5.57 Å². The largest absolute Gasteiger partial charge is 0.465 e. The van der Waals surface area contributed by atoms with Crippen LogP contribution in [0.1, 0.15) is 17.5 Å². The van der Waals surface area contributed by atoms with Gasteiger partial charge >= 0.3 is 5.97 Å². The number of nitrogens with two attached hydrogens (primary N) is 1. The van der Waals surface area contributed by atoms with Gasteiger partial charge in [0.2, 0.25) is 0 Å². The van der Waals surface area contributed by atoms with Crippen molar-refractivity contribution in [2.75, 3.05) is 7.11 Å². The maximum Gasteiger partial charge on any atom is 0.340 e. The summed E-state index contributed by atoms with van der Waals surface area (Å²) < 4.78 is 4.74. The fourth-order valence-corrected chi connectivity index (χ4v) is 1.89. The van der Waals surface area contributed by atoms with Gasteiger partial charge in [0.05, 0.1) is 12.7 Å². The van der Waals surface area contributed by atoms with Gasteiger partial charge in [-0.15, -0.1) is 0 Å². The molecule has 3 nitrogen and oxygen atoms in total. The first-order valence-electron chi connectivity index (χ1n) is 4.89. The van der Waals surface area contributed by atoms with Gasteiger partial charge in [0.1, 0.15) is 0 Å². The summed E-state index contributed by atoms with van der Waals surface area (Å²) >= 11 is 0. The summed E-state index contributed by atoms with van der Waals surface area (Å²) in [6.07, 6.45) is 1.62. The zero-order valence-electron chi connectivity index (χ0n) is 8.62. The molecular weight excluding hydrogens is 190 g/mol. The third-order valence-corrected chi connectivity index (χ3v) is 2.66. The molecule has 15 heavy (non-hydrogen) atoms. The molecule has 0 atom stereocenters. The first-order chi connectivity index (χ1) is 7.24. The van der Waals surface area contributed by atoms with E-state index in [0.717, 1.165) is 24.0 Å². The van der Waals surface area contributed by atoms with Crippen molar-refractivity contribution in [2.45, 2.75) is 12.8 Å². The highest BCUT2D eigenvalue weighted by atomic mass is 16.5. The lowest BCUT2D eigenvalue weighted by molar-refractivity contribution is -0.133. The van der Waals surface area contributed by atoms with Crippen LogP contribution in [-0.2, 0) is 16.0 Å². The van der Waals surface area contributed by atoms with Crippen LogP contribution >= 0.6 is 0 Å². The van der Waals surface area contributed by atoms with Gasteiger partial charge < -0.3 is 10.5 Å². The molecule has 3 heteroatoms. The van der Waals surface area contributed by atoms with Gasteiger partial charge in [0.25, 0.3) is 0 Å². The Bertz CT molecular complexity index is 435. The summed E-state index contributed by atoms with van der Waals surface area (Å²) in [6, 6.07) is 7.80. The van der Waals surface area contributed by atoms with Gasteiger partial charge in [-0.1, -0.05) is 24.3 Å². The lowest BCUT2D eigenvalue weighted by atomic mass is 9.89. The molecule has 1 aliphatic rings. The monoisotopic (exact) mass is 203 g/mol. The van der Waals surface area contributed by atoms with E-state index in [2.05, 4.69) is 0 Å². The molecular formula is C12H13NO2. The Hall–Kier alpha value is -1.77. The molecule has 0 spiro atoms. The van der Waals surface area contributed by atoms with Crippen molar-refractivity contribution >= 4 is 11.5 Å². The van der Waals surface area contributed by atoms with Crippen molar-refractivity contribution < 1.29 is 9.53 Å². The Morgan fingerprint density at radius 2 is 2.07 bits per heavy atom. The van der Waals surface area contributed by atoms with Gasteiger partial charge in [-0.3, -0.25) is 0 Å². The summed E-state index contributed by atoms with van der Waals surface area (Å²) in [5.41, 5.74) is 9.07. The first kappa shape index (κ1) is 9.77. The average Bonchev–Trinajstić information content (AvgIpc) is 2.28. The van der Waals surface area contributed by atoms with E-state index in [4.69, 9.17) is 10.5 Å². The predicted molar refractivity (Wildman–Crippen MR) is 57.9 cm³/mol. The van der Waals surface area contributed by atoms with Crippen molar-refractivity contribution in [1.82, 2.24) is 0 Å². The number of fused-ring (bicyclic) bond motifs is 1. The second kappa shape index (κ2) is 3.77. The zero-order chi connectivity index (χ0) is 10.8. The molecule has 0 heterocycles. The molecule has 0 saturated heterocycles. The highest BCUT2D eigenvalue weighted by Gasteiger charge is 2.22. The van der Waals surface area contributed by atoms with Crippen LogP contribution < -0.4 is 5.73 Å². The molecule has 1 aromatic carbocycles. The Labute approximate surface area is 88.5 Å². The third-order valence-electron chi connectivity index (χ3n) is 2.66. The number of hydrogen-bond acceptors (Lipinski definition) is 3. The smallest absolute Gasteiger partial charge is 0.340 e. The molecule has 0 unspecified atom stereocenters. The number of rotatable bonds is 1. The van der Waals surface area contributed by atoms with Crippen LogP contribution in [0, 0.1) is 0 Å². The topological polar surface area (TPSA) is 52.3 Å². The van der Waals surface area contributed by atoms with E-state index < -0.39 is 0 Å². The Kier molecular flexibility index (Phi) is 2.46. The predicted octanol–water partition coefficient (Wildman–Crippen LogP) is 1.48. The minimum absolute atomic E-state index is 0.348. The van der Waals surface area contributed by atoms with E-state index in [9.17, 15) is 4.79 Å². The number of hydrogen-bond donors (Lipinski definition) is 1. The molecule has 1 aliphatic carbocycles. The highest BCUT2D eigenvalue weighted by Crippen LogP contribution is 2.29. The van der Waals surface area contributed by atoms with Gasteiger partial charge in [-0.05, 0) is 24.0 Å². The number of carbonyl (C=O) groups excluding carboxylic acids is 1. The molecule has 78 valence electrons. The second-order valence-electron chi connectivity index (χ2n) is 3.55. The number of aryl methyl sites for hydroxylation is 1. The van der Waals surface area contributed by atoms with Gasteiger partial charge in [0, 0.05) is 5.70 Å². The van der Waals surface area contributed by atoms with Gasteiger partial charge in [-0.25, -0.2) is 4.79 Å². The van der Waals surface area contributed by atoms with Gasteiger partial charge in [-0.2, -0.15) is 0 Å². The fraction of sp³-hybridized carbons (Fsp3) is 0.250. The summed E-state index contributed by atoms with van der Waals surface area (Å²) in [5, 5.41) is 0. The SMILES string of the molecule is COC(=O)C1=C(N)CCc2ccccc21. The van der Waals surface area contributed by atoms with Crippen molar-refractivity contribution in [3.63, 3.8) is 0 Å². The summed E-state index contributed by atoms with van der Waals surface area (Å²) in [5.74, 6) is -0.348. The van der Waals surface area contributed by atoms with Crippen molar-refractivity contribution in [2.24, 2.45) is 5.73 Å². The zero-order valence-corrected chi connectivity index (χ0v) is 8.62. The van der Waals surface area contributed by atoms with Crippen LogP contribution in [0.2, 0.25) is 0 Å². The lowest BCUT2D eigenvalue weighted by Gasteiger charge is -2.19. The van der Waals surface area contributed by atoms with Crippen LogP contribution in [0.15, 0.2) is 30.0 Å². The number of benzene rings is 1. The lowest BCUT2D eigenvalue weighted by Crippen LogP contribution is -2.17. The van der Waals surface area contributed by atoms with Gasteiger partial charge in [0.15, 0.2) is 0 Å². The maximum absolute atomic E-state index is 11.6. The summed E-state index contributed by atoms with van der Waals surface area (Å²) in [7, 11) is 1.37. The molecule has 0 fully saturated rings. The van der Waals surface area contributed by atoms with Crippen LogP contribution in [0.5, 0.6) is 0 Å². The van der Waals surface area contributed by atoms with E-state index in [1.54, 1.807) is 0 Å². The Morgan fingerprint density at radius 3 is 2.80 bits per heavy atom. The Balaban J connectivity index is 2.55. The minimum atomic E-state index is -0.348. The van der Waals surface area contributed by atoms with Crippen molar-refractivity contribution in [1.29, 1.82) is 0 Å². The number of allylic oxidation sites excluding steroid dienone is 1. The average molecular weight is 203 g/mol. The van der Waals surface area contributed by atoms with Crippen molar-refractivity contribution in [3.8, 4) is 0 Å². The second-order valence-corrected chi connectivity index (χ2v) is 3.55. The highest BCUT2D eigenvalue weighted by molar-refractivity contribution is 6.18. The number of methoxy groups -OCH3 is 1. The van der Waals surface area contributed by atoms with E-state index in [1.807, 2.05) is 24.3 Å². The van der Waals surface area contributed by atoms with Crippen LogP contribution in [0.4, 0.5) is 0 Å². The number of esters is 1. The normalized spacial score (nSPS) is 14.7. The molecule has 0 aliphatic heterocycles. The van der Waals surface area contributed by atoms with E-state index >= 15 is 0 Å². The summed E-state index contributed by atoms with van der Waals surface area (Å²) in [4.78, 5) is 11.6. The fourth-order valence-electron chi connectivity index (χ4n) is 1.89. The Morgan fingerprint density at radius 1 is 1.33 bits per heavy atom. The van der Waals surface area contributed by atoms with E-state index in [0.29, 0.717) is 11.3 Å². The molecule has 1 aromatic rings. The van der Waals surface area contributed by atoms with E-state index in [-0.39, 0.29) is 5.97 Å². The molecule has 2 rings (SSSR count). The van der Waals surface area contributed by atoms with E-state index in [1.165, 1.54) is 7.11 Å². The molecule has 0 bridgehead atoms. The van der Waals surface area contributed by atoms with Crippen LogP contribution in [-0.4, -0.2) is 13.1 Å².